The Morgan fingerprint density at radius 2 is 1.09 bits per heavy atom. The van der Waals surface area contributed by atoms with Gasteiger partial charge >= 0.3 is 12.1 Å². The molecule has 286 valence electrons. The molecule has 0 heterocycles. The zero-order chi connectivity index (χ0) is 38.9. The van der Waals surface area contributed by atoms with Crippen LogP contribution in [0.1, 0.15) is 57.7 Å². The molecule has 0 fully saturated rings. The summed E-state index contributed by atoms with van der Waals surface area (Å²) < 4.78 is 10.1. The Morgan fingerprint density at radius 3 is 1.60 bits per heavy atom. The van der Waals surface area contributed by atoms with E-state index in [2.05, 4.69) is 21.3 Å². The number of carbonyl (C=O) groups excluding carboxylic acids is 5. The molecule has 6 atom stereocenters. The lowest BCUT2D eigenvalue weighted by molar-refractivity contribution is -0.147. The molecular weight excluding hydrogens is 676 g/mol. The van der Waals surface area contributed by atoms with Gasteiger partial charge < -0.3 is 35.8 Å². The van der Waals surface area contributed by atoms with E-state index >= 15 is 0 Å². The van der Waals surface area contributed by atoms with Crippen LogP contribution in [-0.2, 0) is 48.1 Å². The molecule has 12 nitrogen and oxygen atoms in total. The van der Waals surface area contributed by atoms with Crippen LogP contribution in [0, 0.1) is 17.8 Å². The summed E-state index contributed by atoms with van der Waals surface area (Å²) in [7, 11) is 1.25. The Kier molecular flexibility index (Phi) is 17.0. The highest BCUT2D eigenvalue weighted by atomic mass is 16.5. The van der Waals surface area contributed by atoms with E-state index in [0.29, 0.717) is 0 Å². The second kappa shape index (κ2) is 21.3. The topological polar surface area (TPSA) is 172 Å². The minimum Gasteiger partial charge on any atom is -0.467 e. The predicted molar refractivity (Wildman–Crippen MR) is 201 cm³/mol. The summed E-state index contributed by atoms with van der Waals surface area (Å²) in [4.78, 5) is 65.8. The lowest BCUT2D eigenvalue weighted by Crippen LogP contribution is -2.56. The summed E-state index contributed by atoms with van der Waals surface area (Å²) in [5, 5.41) is 22.8. The van der Waals surface area contributed by atoms with Gasteiger partial charge in [-0.3, -0.25) is 14.4 Å². The first kappa shape index (κ1) is 42.2. The Balaban J connectivity index is 1.80. The lowest BCUT2D eigenvalue weighted by Gasteiger charge is -2.30. The number of benzene rings is 3. The SMILES string of the molecule is COC(=O)C(NC(=O)C(NC(=O)[C@H](Cc1ccccc1)C[C@H](O)C(Cc1ccccc1)NC(=O)C(C)NC(=O)OCc1ccccc1)C(C)C)C(C)C. The first-order valence-corrected chi connectivity index (χ1v) is 18.0. The van der Waals surface area contributed by atoms with Crippen LogP contribution < -0.4 is 21.3 Å². The van der Waals surface area contributed by atoms with Gasteiger partial charge in [0.05, 0.1) is 19.3 Å². The van der Waals surface area contributed by atoms with Crippen LogP contribution in [0.15, 0.2) is 91.0 Å². The maximum absolute atomic E-state index is 14.1. The number of nitrogens with one attached hydrogen (secondary N) is 4. The van der Waals surface area contributed by atoms with Gasteiger partial charge in [-0.15, -0.1) is 0 Å². The third-order valence-corrected chi connectivity index (χ3v) is 8.92. The fourth-order valence-electron chi connectivity index (χ4n) is 5.78. The Morgan fingerprint density at radius 1 is 0.604 bits per heavy atom. The standard InChI is InChI=1S/C41H54N4O8/c1-26(2)35(39(49)45-36(27(3)4)40(50)52-6)44-38(48)32(22-29-16-10-7-11-17-29)24-34(46)33(23-30-18-12-8-13-19-30)43-37(47)28(5)42-41(51)53-25-31-20-14-9-15-21-31/h7-21,26-28,32-36,46H,22-25H2,1-6H3,(H,42,51)(H,43,47)(H,44,48)(H,45,49)/t28?,32-,33?,34+,35?,36?/m1/s1. The molecule has 5 N–H and O–H groups in total. The molecule has 0 saturated carbocycles. The number of carbonyl (C=O) groups is 5. The molecule has 0 aliphatic heterocycles. The van der Waals surface area contributed by atoms with Crippen LogP contribution in [-0.4, -0.2) is 72.3 Å². The van der Waals surface area contributed by atoms with Gasteiger partial charge in [-0.05, 0) is 54.7 Å². The number of alkyl carbamates (subject to hydrolysis) is 1. The maximum Gasteiger partial charge on any atom is 0.408 e. The summed E-state index contributed by atoms with van der Waals surface area (Å²) in [6.07, 6.45) is -1.58. The first-order chi connectivity index (χ1) is 25.3. The molecule has 0 aliphatic rings. The Labute approximate surface area is 312 Å². The molecule has 0 bridgehead atoms. The molecule has 0 aliphatic carbocycles. The fraction of sp³-hybridized carbons (Fsp3) is 0.439. The molecule has 0 spiro atoms. The van der Waals surface area contributed by atoms with Crippen LogP contribution in [0.3, 0.4) is 0 Å². The first-order valence-electron chi connectivity index (χ1n) is 18.0. The van der Waals surface area contributed by atoms with Crippen molar-refractivity contribution in [3.05, 3.63) is 108 Å². The minimum atomic E-state index is -1.22. The zero-order valence-electron chi connectivity index (χ0n) is 31.4. The Hall–Kier alpha value is -5.23. The quantitative estimate of drug-likeness (QED) is 0.115. The molecular formula is C41H54N4O8. The summed E-state index contributed by atoms with van der Waals surface area (Å²) in [6, 6.07) is 24.0. The van der Waals surface area contributed by atoms with E-state index in [1.165, 1.54) is 14.0 Å². The van der Waals surface area contributed by atoms with E-state index < -0.39 is 66.0 Å². The van der Waals surface area contributed by atoms with E-state index in [9.17, 15) is 29.1 Å². The average molecular weight is 731 g/mol. The number of hydrogen-bond donors (Lipinski definition) is 5. The van der Waals surface area contributed by atoms with Gasteiger partial charge in [0.25, 0.3) is 0 Å². The number of rotatable bonds is 19. The number of esters is 1. The van der Waals surface area contributed by atoms with Crippen molar-refractivity contribution in [2.45, 2.75) is 90.8 Å². The van der Waals surface area contributed by atoms with Crippen molar-refractivity contribution in [1.29, 1.82) is 0 Å². The number of methoxy groups -OCH3 is 1. The van der Waals surface area contributed by atoms with E-state index in [4.69, 9.17) is 9.47 Å². The summed E-state index contributed by atoms with van der Waals surface area (Å²) in [5.41, 5.74) is 2.47. The van der Waals surface area contributed by atoms with E-state index in [1.54, 1.807) is 27.7 Å². The van der Waals surface area contributed by atoms with Gasteiger partial charge in [-0.2, -0.15) is 0 Å². The van der Waals surface area contributed by atoms with Crippen molar-refractivity contribution >= 4 is 29.8 Å². The summed E-state index contributed by atoms with van der Waals surface area (Å²) >= 11 is 0. The lowest BCUT2D eigenvalue weighted by atomic mass is 9.88. The van der Waals surface area contributed by atoms with Crippen LogP contribution in [0.4, 0.5) is 4.79 Å². The number of amides is 4. The molecule has 53 heavy (non-hydrogen) atoms. The van der Waals surface area contributed by atoms with Crippen LogP contribution in [0.25, 0.3) is 0 Å². The predicted octanol–water partition coefficient (Wildman–Crippen LogP) is 4.09. The van der Waals surface area contributed by atoms with Crippen molar-refractivity contribution in [2.24, 2.45) is 17.8 Å². The van der Waals surface area contributed by atoms with Gasteiger partial charge in [-0.25, -0.2) is 9.59 Å². The van der Waals surface area contributed by atoms with Crippen LogP contribution in [0.2, 0.25) is 0 Å². The van der Waals surface area contributed by atoms with Crippen molar-refractivity contribution in [3.63, 3.8) is 0 Å². The molecule has 4 amide bonds. The van der Waals surface area contributed by atoms with Gasteiger partial charge in [-0.1, -0.05) is 119 Å². The van der Waals surface area contributed by atoms with Crippen molar-refractivity contribution < 1.29 is 38.6 Å². The molecule has 12 heteroatoms. The minimum absolute atomic E-state index is 0.0319. The third-order valence-electron chi connectivity index (χ3n) is 8.92. The second-order valence-corrected chi connectivity index (χ2v) is 13.9. The summed E-state index contributed by atoms with van der Waals surface area (Å²) in [6.45, 7) is 8.67. The van der Waals surface area contributed by atoms with Crippen molar-refractivity contribution in [1.82, 2.24) is 21.3 Å². The van der Waals surface area contributed by atoms with Gasteiger partial charge in [0.15, 0.2) is 0 Å². The molecule has 3 aromatic rings. The molecule has 3 rings (SSSR count). The van der Waals surface area contributed by atoms with E-state index in [0.717, 1.165) is 16.7 Å². The highest BCUT2D eigenvalue weighted by Gasteiger charge is 2.34. The normalized spacial score (nSPS) is 14.5. The average Bonchev–Trinajstić information content (AvgIpc) is 3.14. The highest BCUT2D eigenvalue weighted by Crippen LogP contribution is 2.20. The largest absolute Gasteiger partial charge is 0.467 e. The highest BCUT2D eigenvalue weighted by molar-refractivity contribution is 5.91. The zero-order valence-corrected chi connectivity index (χ0v) is 31.4. The third kappa shape index (κ3) is 14.0. The monoisotopic (exact) mass is 730 g/mol. The van der Waals surface area contributed by atoms with Gasteiger partial charge in [0.1, 0.15) is 24.7 Å². The molecule has 0 saturated heterocycles. The second-order valence-electron chi connectivity index (χ2n) is 13.9. The fourth-order valence-corrected chi connectivity index (χ4v) is 5.78. The number of aliphatic hydroxyl groups excluding tert-OH is 1. The smallest absolute Gasteiger partial charge is 0.408 e. The van der Waals surface area contributed by atoms with E-state index in [-0.39, 0.29) is 37.7 Å². The number of ether oxygens (including phenoxy) is 2. The van der Waals surface area contributed by atoms with Gasteiger partial charge in [0.2, 0.25) is 17.7 Å². The molecule has 4 unspecified atom stereocenters. The molecule has 0 aromatic heterocycles. The molecule has 3 aromatic carbocycles. The number of aliphatic hydroxyl groups is 1. The Bertz CT molecular complexity index is 1600. The van der Waals surface area contributed by atoms with Crippen molar-refractivity contribution in [2.75, 3.05) is 7.11 Å². The van der Waals surface area contributed by atoms with E-state index in [1.807, 2.05) is 91.0 Å². The van der Waals surface area contributed by atoms with Crippen LogP contribution in [0.5, 0.6) is 0 Å². The molecule has 0 radical (unpaired) electrons. The maximum atomic E-state index is 14.1. The van der Waals surface area contributed by atoms with Gasteiger partial charge in [0, 0.05) is 5.92 Å². The van der Waals surface area contributed by atoms with Crippen LogP contribution >= 0.6 is 0 Å². The number of hydrogen-bond acceptors (Lipinski definition) is 8. The van der Waals surface area contributed by atoms with Crippen molar-refractivity contribution in [3.8, 4) is 0 Å². The summed E-state index contributed by atoms with van der Waals surface area (Å²) in [5.74, 6) is -3.56.